The molecule has 3 atom stereocenters. The van der Waals surface area contributed by atoms with Gasteiger partial charge in [0.15, 0.2) is 0 Å². The van der Waals surface area contributed by atoms with Gasteiger partial charge in [-0.1, -0.05) is 149 Å². The lowest BCUT2D eigenvalue weighted by atomic mass is 10.1. The van der Waals surface area contributed by atoms with E-state index in [0.717, 1.165) is 83.5 Å². The van der Waals surface area contributed by atoms with Crippen molar-refractivity contribution in [1.82, 2.24) is 5.32 Å². The Morgan fingerprint density at radius 2 is 1.05 bits per heavy atom. The second kappa shape index (κ2) is 39.6. The number of likely N-dealkylation sites (N-methyl/N-ethyl adjacent to an activating group) is 1. The van der Waals surface area contributed by atoms with Crippen molar-refractivity contribution in [3.05, 3.63) is 109 Å². The van der Waals surface area contributed by atoms with Crippen LogP contribution in [0.3, 0.4) is 0 Å². The first-order valence-corrected chi connectivity index (χ1v) is 23.8. The second-order valence-corrected chi connectivity index (χ2v) is 17.1. The number of rotatable bonds is 38. The molecule has 1 amide bonds. The number of carbonyl (C=O) groups is 1. The van der Waals surface area contributed by atoms with Gasteiger partial charge in [0.25, 0.3) is 0 Å². The lowest BCUT2D eigenvalue weighted by Crippen LogP contribution is -2.45. The van der Waals surface area contributed by atoms with Gasteiger partial charge in [0.2, 0.25) is 5.91 Å². The number of hydrogen-bond acceptors (Lipinski definition) is 5. The molecule has 0 aliphatic heterocycles. The number of phosphoric acid groups is 1. The maximum atomic E-state index is 12.9. The Kier molecular flexibility index (Phi) is 37.7. The van der Waals surface area contributed by atoms with Crippen LogP contribution >= 0.6 is 7.82 Å². The van der Waals surface area contributed by atoms with Crippen molar-refractivity contribution in [3.63, 3.8) is 0 Å². The fraction of sp³-hybridized carbons (Fsp3) is 0.612. The lowest BCUT2D eigenvalue weighted by molar-refractivity contribution is -0.870. The number of allylic oxidation sites excluding steroid dienone is 17. The number of hydrogen-bond donors (Lipinski definition) is 3. The number of phosphoric ester groups is 1. The van der Waals surface area contributed by atoms with Gasteiger partial charge in [0.1, 0.15) is 13.2 Å². The van der Waals surface area contributed by atoms with Crippen molar-refractivity contribution in [3.8, 4) is 0 Å². The van der Waals surface area contributed by atoms with Crippen LogP contribution in [0.15, 0.2) is 109 Å². The van der Waals surface area contributed by atoms with E-state index in [2.05, 4.69) is 116 Å². The first-order valence-electron chi connectivity index (χ1n) is 22.3. The van der Waals surface area contributed by atoms with E-state index in [1.807, 2.05) is 27.2 Å². The first-order chi connectivity index (χ1) is 28.0. The van der Waals surface area contributed by atoms with Crippen molar-refractivity contribution in [2.24, 2.45) is 0 Å². The van der Waals surface area contributed by atoms with Crippen LogP contribution in [0.25, 0.3) is 0 Å². The number of amides is 1. The highest BCUT2D eigenvalue weighted by atomic mass is 31.2. The SMILES string of the molecule is CC/C=C\C/C=C\C/C=C\C/C=C\C/C=C\C/C=C\CCCCC(=O)NC(COP(=O)(O)OCC[N+](C)(C)C)C(O)/C=C/CC/C=C/CC/C=C/CCCCCCC. The van der Waals surface area contributed by atoms with E-state index >= 15 is 0 Å². The summed E-state index contributed by atoms with van der Waals surface area (Å²) in [6.07, 6.45) is 57.3. The molecule has 0 aromatic carbocycles. The lowest BCUT2D eigenvalue weighted by Gasteiger charge is -2.25. The van der Waals surface area contributed by atoms with E-state index in [9.17, 15) is 19.4 Å². The maximum Gasteiger partial charge on any atom is 0.472 e. The molecule has 3 unspecified atom stereocenters. The molecule has 0 aliphatic carbocycles. The Morgan fingerprint density at radius 3 is 1.57 bits per heavy atom. The third kappa shape index (κ3) is 41.3. The van der Waals surface area contributed by atoms with Crippen molar-refractivity contribution in [2.45, 2.75) is 154 Å². The minimum absolute atomic E-state index is 0.0381. The topological polar surface area (TPSA) is 105 Å². The van der Waals surface area contributed by atoms with Crippen molar-refractivity contribution in [1.29, 1.82) is 0 Å². The molecule has 0 saturated heterocycles. The Labute approximate surface area is 355 Å². The minimum Gasteiger partial charge on any atom is -0.387 e. The third-order valence-electron chi connectivity index (χ3n) is 8.95. The molecule has 0 spiro atoms. The van der Waals surface area contributed by atoms with Gasteiger partial charge >= 0.3 is 7.82 Å². The zero-order valence-electron chi connectivity index (χ0n) is 37.2. The van der Waals surface area contributed by atoms with Gasteiger partial charge in [-0.3, -0.25) is 13.8 Å². The van der Waals surface area contributed by atoms with Gasteiger partial charge in [-0.2, -0.15) is 0 Å². The van der Waals surface area contributed by atoms with E-state index in [-0.39, 0.29) is 25.5 Å². The molecule has 0 heterocycles. The number of aliphatic hydroxyl groups excluding tert-OH is 1. The fourth-order valence-electron chi connectivity index (χ4n) is 5.43. The maximum absolute atomic E-state index is 12.9. The fourth-order valence-corrected chi connectivity index (χ4v) is 6.16. The number of carbonyl (C=O) groups excluding carboxylic acids is 1. The van der Waals surface area contributed by atoms with E-state index in [0.29, 0.717) is 17.4 Å². The highest BCUT2D eigenvalue weighted by Gasteiger charge is 2.27. The molecule has 0 saturated carbocycles. The van der Waals surface area contributed by atoms with E-state index < -0.39 is 20.0 Å². The van der Waals surface area contributed by atoms with Crippen LogP contribution in [0.4, 0.5) is 0 Å². The quantitative estimate of drug-likeness (QED) is 0.0248. The van der Waals surface area contributed by atoms with E-state index in [4.69, 9.17) is 9.05 Å². The van der Waals surface area contributed by atoms with Crippen LogP contribution in [0.1, 0.15) is 142 Å². The summed E-state index contributed by atoms with van der Waals surface area (Å²) in [6.45, 7) is 4.58. The molecule has 0 fully saturated rings. The molecule has 8 nitrogen and oxygen atoms in total. The number of aliphatic hydroxyl groups is 1. The van der Waals surface area contributed by atoms with Gasteiger partial charge in [0.05, 0.1) is 39.9 Å². The summed E-state index contributed by atoms with van der Waals surface area (Å²) in [5, 5.41) is 13.8. The molecular formula is C49H84N2O6P+. The van der Waals surface area contributed by atoms with Crippen LogP contribution in [-0.2, 0) is 18.4 Å². The molecular weight excluding hydrogens is 744 g/mol. The number of quaternary nitrogens is 1. The number of nitrogens with one attached hydrogen (secondary N) is 1. The molecule has 0 aromatic heterocycles. The highest BCUT2D eigenvalue weighted by Crippen LogP contribution is 2.43. The van der Waals surface area contributed by atoms with Gasteiger partial charge in [-0.25, -0.2) is 4.57 Å². The number of unbranched alkanes of at least 4 members (excludes halogenated alkanes) is 9. The molecule has 0 bridgehead atoms. The summed E-state index contributed by atoms with van der Waals surface area (Å²) in [5.74, 6) is -0.240. The molecule has 0 radical (unpaired) electrons. The zero-order valence-corrected chi connectivity index (χ0v) is 38.1. The van der Waals surface area contributed by atoms with Gasteiger partial charge < -0.3 is 19.8 Å². The highest BCUT2D eigenvalue weighted by molar-refractivity contribution is 7.47. The van der Waals surface area contributed by atoms with Crippen molar-refractivity contribution >= 4 is 13.7 Å². The first kappa shape index (κ1) is 55.2. The summed E-state index contributed by atoms with van der Waals surface area (Å²) in [7, 11) is 1.49. The van der Waals surface area contributed by atoms with Crippen molar-refractivity contribution in [2.75, 3.05) is 40.9 Å². The molecule has 58 heavy (non-hydrogen) atoms. The minimum atomic E-state index is -4.37. The van der Waals surface area contributed by atoms with E-state index in [1.165, 1.54) is 32.1 Å². The average Bonchev–Trinajstić information content (AvgIpc) is 3.17. The monoisotopic (exact) mass is 828 g/mol. The van der Waals surface area contributed by atoms with Gasteiger partial charge in [-0.15, -0.1) is 0 Å². The van der Waals surface area contributed by atoms with Crippen LogP contribution in [0.5, 0.6) is 0 Å². The van der Waals surface area contributed by atoms with Gasteiger partial charge in [0, 0.05) is 6.42 Å². The number of nitrogens with zero attached hydrogens (tertiary/aromatic N) is 1. The normalized spacial score (nSPS) is 15.4. The molecule has 330 valence electrons. The molecule has 0 aromatic rings. The summed E-state index contributed by atoms with van der Waals surface area (Å²) in [5.41, 5.74) is 0. The van der Waals surface area contributed by atoms with Crippen LogP contribution < -0.4 is 5.32 Å². The summed E-state index contributed by atoms with van der Waals surface area (Å²) in [6, 6.07) is -0.899. The zero-order chi connectivity index (χ0) is 42.8. The second-order valence-electron chi connectivity index (χ2n) is 15.7. The summed E-state index contributed by atoms with van der Waals surface area (Å²) in [4.78, 5) is 23.1. The average molecular weight is 828 g/mol. The smallest absolute Gasteiger partial charge is 0.387 e. The third-order valence-corrected chi connectivity index (χ3v) is 9.94. The Hall–Kier alpha value is -2.84. The standard InChI is InChI=1S/C49H83N2O6P/c1-6-8-10-12-14-16-18-20-22-23-24-25-26-27-29-31-33-35-37-39-41-43-49(53)50-47(46-57-58(54,55)56-45-44-51(3,4)5)48(52)42-40-38-36-34-32-30-28-21-19-17-15-13-11-9-7-2/h8,10,14,16,19-22,24-25,27,29,32-35,40,42,47-48,52H,6-7,9,11-13,15,17-18,23,26,28,30-31,36-39,41,43-46H2,1-5H3,(H-,50,53,54,55)/p+1/b10-8-,16-14-,21-19+,22-20-,25-24-,29-27-,34-32+,35-33-,42-40+. The van der Waals surface area contributed by atoms with E-state index in [1.54, 1.807) is 6.08 Å². The molecule has 9 heteroatoms. The van der Waals surface area contributed by atoms with Crippen molar-refractivity contribution < 1.29 is 32.9 Å². The molecule has 0 aliphatic rings. The molecule has 3 N–H and O–H groups in total. The summed E-state index contributed by atoms with van der Waals surface area (Å²) < 4.78 is 23.5. The van der Waals surface area contributed by atoms with Crippen LogP contribution in [0, 0.1) is 0 Å². The predicted molar refractivity (Wildman–Crippen MR) is 249 cm³/mol. The predicted octanol–water partition coefficient (Wildman–Crippen LogP) is 12.5. The Morgan fingerprint density at radius 1 is 0.603 bits per heavy atom. The van der Waals surface area contributed by atoms with Gasteiger partial charge in [-0.05, 0) is 96.3 Å². The summed E-state index contributed by atoms with van der Waals surface area (Å²) >= 11 is 0. The molecule has 0 rings (SSSR count). The van der Waals surface area contributed by atoms with Crippen LogP contribution in [0.2, 0.25) is 0 Å². The Bertz CT molecular complexity index is 1300. The van der Waals surface area contributed by atoms with Crippen LogP contribution in [-0.4, -0.2) is 73.4 Å². The Balaban J connectivity index is 4.61. The largest absolute Gasteiger partial charge is 0.472 e.